The minimum absolute atomic E-state index is 0.0449. The Bertz CT molecular complexity index is 1030. The second-order valence-electron chi connectivity index (χ2n) is 9.32. The first kappa shape index (κ1) is 28.6. The quantitative estimate of drug-likeness (QED) is 0.238. The normalized spacial score (nSPS) is 21.8. The molecule has 1 aliphatic heterocycles. The second-order valence-corrected chi connectivity index (χ2v) is 9.32. The van der Waals surface area contributed by atoms with Crippen LogP contribution >= 0.6 is 0 Å². The number of nitrogens with zero attached hydrogens (tertiary/aromatic N) is 1. The number of fused-ring (bicyclic) bond motifs is 3. The van der Waals surface area contributed by atoms with Gasteiger partial charge in [0.05, 0.1) is 32.3 Å². The molecular formula is C27H38N2O8. The number of methoxy groups -OCH3 is 1. The van der Waals surface area contributed by atoms with Gasteiger partial charge in [-0.3, -0.25) is 9.59 Å². The topological polar surface area (TPSA) is 138 Å². The van der Waals surface area contributed by atoms with E-state index in [1.807, 2.05) is 20.8 Å². The van der Waals surface area contributed by atoms with Gasteiger partial charge in [-0.15, -0.1) is 0 Å². The third kappa shape index (κ3) is 6.32. The molecule has 0 bridgehead atoms. The molecule has 1 aliphatic carbocycles. The number of hydrogen-bond acceptors (Lipinski definition) is 8. The highest BCUT2D eigenvalue weighted by molar-refractivity contribution is 5.96. The van der Waals surface area contributed by atoms with Crippen molar-refractivity contribution < 1.29 is 39.1 Å². The summed E-state index contributed by atoms with van der Waals surface area (Å²) >= 11 is 0. The third-order valence-electron chi connectivity index (χ3n) is 6.44. The molecule has 0 spiro atoms. The number of allylic oxidation sites excluding steroid dienone is 1. The summed E-state index contributed by atoms with van der Waals surface area (Å²) in [6.45, 7) is 6.38. The van der Waals surface area contributed by atoms with Gasteiger partial charge in [-0.1, -0.05) is 5.57 Å². The van der Waals surface area contributed by atoms with Crippen LogP contribution < -0.4 is 14.8 Å². The van der Waals surface area contributed by atoms with Crippen LogP contribution in [0.4, 0.5) is 0 Å². The summed E-state index contributed by atoms with van der Waals surface area (Å²) < 4.78 is 17.1. The number of hydrogen-bond donors (Lipinski definition) is 4. The fraction of sp³-hybridized carbons (Fsp3) is 0.556. The Labute approximate surface area is 217 Å². The van der Waals surface area contributed by atoms with Crippen molar-refractivity contribution in [3.63, 3.8) is 0 Å². The van der Waals surface area contributed by atoms with Crippen LogP contribution in [0.3, 0.4) is 0 Å². The monoisotopic (exact) mass is 518 g/mol. The summed E-state index contributed by atoms with van der Waals surface area (Å²) in [5.74, 6) is -0.627. The Balaban J connectivity index is 2.09. The molecule has 10 nitrogen and oxygen atoms in total. The second kappa shape index (κ2) is 13.0. The summed E-state index contributed by atoms with van der Waals surface area (Å²) in [4.78, 5) is 28.1. The number of aliphatic hydroxyl groups excluding tert-OH is 3. The SMILES string of the molecule is CCOCCCN(C(=O)C=C(C)C)C1C=C(C(=O)NCCO)C2c3cc(CO)cc(OC)c3OC2C1O. The summed E-state index contributed by atoms with van der Waals surface area (Å²) in [5, 5.41) is 33.3. The fourth-order valence-corrected chi connectivity index (χ4v) is 4.84. The average Bonchev–Trinajstić information content (AvgIpc) is 3.27. The zero-order valence-electron chi connectivity index (χ0n) is 21.9. The maximum Gasteiger partial charge on any atom is 0.247 e. The molecule has 0 radical (unpaired) electrons. The molecule has 204 valence electrons. The molecule has 3 rings (SSSR count). The highest BCUT2D eigenvalue weighted by Crippen LogP contribution is 2.51. The van der Waals surface area contributed by atoms with Crippen LogP contribution in [0.5, 0.6) is 11.5 Å². The molecule has 37 heavy (non-hydrogen) atoms. The van der Waals surface area contributed by atoms with Crippen LogP contribution in [0.15, 0.2) is 35.4 Å². The number of carbonyl (C=O) groups excluding carboxylic acids is 2. The van der Waals surface area contributed by atoms with E-state index in [-0.39, 0.29) is 25.7 Å². The molecule has 0 fully saturated rings. The number of benzene rings is 1. The van der Waals surface area contributed by atoms with Gasteiger partial charge in [0.15, 0.2) is 11.5 Å². The van der Waals surface area contributed by atoms with Gasteiger partial charge in [0.25, 0.3) is 0 Å². The number of rotatable bonds is 12. The maximum atomic E-state index is 13.3. The molecule has 0 saturated heterocycles. The maximum absolute atomic E-state index is 13.3. The molecular weight excluding hydrogens is 480 g/mol. The van der Waals surface area contributed by atoms with Crippen LogP contribution in [0.25, 0.3) is 0 Å². The standard InChI is InChI=1S/C27H38N2O8/c1-5-36-10-6-8-29(22(32)11-16(2)3)20-14-19(27(34)28-7-9-30)23-18-12-17(15-31)13-21(35-4)25(18)37-26(23)24(20)33/h11-14,20,23-24,26,30-31,33H,5-10,15H2,1-4H3,(H,28,34). The smallest absolute Gasteiger partial charge is 0.247 e. The lowest BCUT2D eigenvalue weighted by Gasteiger charge is -2.40. The van der Waals surface area contributed by atoms with Crippen LogP contribution in [-0.2, 0) is 20.9 Å². The Hall–Kier alpha value is -2.92. The first-order valence-electron chi connectivity index (χ1n) is 12.6. The third-order valence-corrected chi connectivity index (χ3v) is 6.44. The van der Waals surface area contributed by atoms with Crippen LogP contribution in [0.2, 0.25) is 0 Å². The highest BCUT2D eigenvalue weighted by atomic mass is 16.5. The molecule has 1 aromatic rings. The average molecular weight is 519 g/mol. The van der Waals surface area contributed by atoms with E-state index in [2.05, 4.69) is 5.32 Å². The zero-order valence-corrected chi connectivity index (χ0v) is 21.9. The van der Waals surface area contributed by atoms with Gasteiger partial charge in [0, 0.05) is 43.5 Å². The number of carbonyl (C=O) groups is 2. The molecule has 0 saturated carbocycles. The van der Waals surface area contributed by atoms with E-state index in [0.29, 0.717) is 54.4 Å². The van der Waals surface area contributed by atoms with E-state index in [0.717, 1.165) is 5.57 Å². The van der Waals surface area contributed by atoms with Crippen molar-refractivity contribution in [1.82, 2.24) is 10.2 Å². The van der Waals surface area contributed by atoms with E-state index < -0.39 is 30.1 Å². The lowest BCUT2D eigenvalue weighted by molar-refractivity contribution is -0.132. The number of amides is 2. The van der Waals surface area contributed by atoms with Crippen molar-refractivity contribution in [2.45, 2.75) is 58.0 Å². The summed E-state index contributed by atoms with van der Waals surface area (Å²) in [5.41, 5.74) is 2.29. The molecule has 4 unspecified atom stereocenters. The lowest BCUT2D eigenvalue weighted by Crippen LogP contribution is -2.55. The summed E-state index contributed by atoms with van der Waals surface area (Å²) in [6, 6.07) is 2.53. The van der Waals surface area contributed by atoms with Gasteiger partial charge < -0.3 is 39.7 Å². The number of ether oxygens (including phenoxy) is 3. The molecule has 4 atom stereocenters. The minimum atomic E-state index is -1.16. The van der Waals surface area contributed by atoms with E-state index in [4.69, 9.17) is 14.2 Å². The zero-order chi connectivity index (χ0) is 27.1. The van der Waals surface area contributed by atoms with E-state index in [9.17, 15) is 24.9 Å². The van der Waals surface area contributed by atoms with E-state index >= 15 is 0 Å². The fourth-order valence-electron chi connectivity index (χ4n) is 4.84. The van der Waals surface area contributed by atoms with Crippen molar-refractivity contribution in [3.8, 4) is 11.5 Å². The van der Waals surface area contributed by atoms with Crippen molar-refractivity contribution >= 4 is 11.8 Å². The molecule has 1 aromatic carbocycles. The van der Waals surface area contributed by atoms with Crippen LogP contribution in [0.1, 0.15) is 44.2 Å². The van der Waals surface area contributed by atoms with Crippen molar-refractivity contribution in [2.24, 2.45) is 0 Å². The van der Waals surface area contributed by atoms with Crippen molar-refractivity contribution in [2.75, 3.05) is 40.0 Å². The molecule has 2 aliphatic rings. The number of aliphatic hydroxyl groups is 3. The first-order valence-corrected chi connectivity index (χ1v) is 12.6. The summed E-state index contributed by atoms with van der Waals surface area (Å²) in [7, 11) is 1.48. The lowest BCUT2D eigenvalue weighted by atomic mass is 9.77. The highest BCUT2D eigenvalue weighted by Gasteiger charge is 2.51. The molecule has 4 N–H and O–H groups in total. The Morgan fingerprint density at radius 2 is 2.00 bits per heavy atom. The molecule has 10 heteroatoms. The molecule has 1 heterocycles. The van der Waals surface area contributed by atoms with E-state index in [1.165, 1.54) is 18.1 Å². The van der Waals surface area contributed by atoms with Gasteiger partial charge in [-0.05, 0) is 51.0 Å². The van der Waals surface area contributed by atoms with Crippen LogP contribution in [0, 0.1) is 0 Å². The van der Waals surface area contributed by atoms with Crippen molar-refractivity contribution in [3.05, 3.63) is 46.6 Å². The van der Waals surface area contributed by atoms with Crippen molar-refractivity contribution in [1.29, 1.82) is 0 Å². The van der Waals surface area contributed by atoms with Gasteiger partial charge >= 0.3 is 0 Å². The molecule has 2 amide bonds. The predicted octanol–water partition coefficient (Wildman–Crippen LogP) is 1.03. The van der Waals surface area contributed by atoms with Gasteiger partial charge in [-0.25, -0.2) is 0 Å². The van der Waals surface area contributed by atoms with Crippen LogP contribution in [-0.4, -0.2) is 90.3 Å². The Morgan fingerprint density at radius 1 is 1.24 bits per heavy atom. The van der Waals surface area contributed by atoms with Gasteiger partial charge in [0.1, 0.15) is 12.2 Å². The largest absolute Gasteiger partial charge is 0.493 e. The Morgan fingerprint density at radius 3 is 2.62 bits per heavy atom. The van der Waals surface area contributed by atoms with E-state index in [1.54, 1.807) is 18.2 Å². The number of nitrogens with one attached hydrogen (secondary N) is 1. The first-order chi connectivity index (χ1) is 17.8. The minimum Gasteiger partial charge on any atom is -0.493 e. The Kier molecular flexibility index (Phi) is 10.1. The van der Waals surface area contributed by atoms with Gasteiger partial charge in [-0.2, -0.15) is 0 Å². The van der Waals surface area contributed by atoms with Gasteiger partial charge in [0.2, 0.25) is 11.8 Å². The predicted molar refractivity (Wildman–Crippen MR) is 136 cm³/mol. The summed E-state index contributed by atoms with van der Waals surface area (Å²) in [6.07, 6.45) is 1.63. The molecule has 0 aromatic heterocycles.